The van der Waals surface area contributed by atoms with E-state index in [1.165, 1.54) is 49.1 Å². The fourth-order valence-electron chi connectivity index (χ4n) is 3.25. The molecule has 1 heterocycles. The molecule has 0 spiro atoms. The van der Waals surface area contributed by atoms with E-state index in [2.05, 4.69) is 57.5 Å². The van der Waals surface area contributed by atoms with E-state index in [4.69, 9.17) is 0 Å². The first-order valence-electron chi connectivity index (χ1n) is 8.48. The van der Waals surface area contributed by atoms with Gasteiger partial charge in [-0.3, -0.25) is 4.79 Å². The van der Waals surface area contributed by atoms with Crippen molar-refractivity contribution in [2.75, 3.05) is 11.9 Å². The van der Waals surface area contributed by atoms with Crippen LogP contribution in [0.4, 0.5) is 5.69 Å². The van der Waals surface area contributed by atoms with Crippen molar-refractivity contribution in [3.63, 3.8) is 0 Å². The van der Waals surface area contributed by atoms with E-state index >= 15 is 0 Å². The molecule has 1 N–H and O–H groups in total. The normalized spacial score (nSPS) is 15.2. The number of thiophene rings is 1. The Bertz CT molecular complexity index is 677. The van der Waals surface area contributed by atoms with Gasteiger partial charge in [-0.15, -0.1) is 11.3 Å². The summed E-state index contributed by atoms with van der Waals surface area (Å²) in [5, 5.41) is 4.89. The quantitative estimate of drug-likeness (QED) is 0.738. The number of anilines is 1. The lowest BCUT2D eigenvalue weighted by atomic mass is 9.94. The lowest BCUT2D eigenvalue weighted by molar-refractivity contribution is 0.0954. The molecular formula is C19H23BrN2OS. The van der Waals surface area contributed by atoms with Crippen LogP contribution < -0.4 is 10.2 Å². The lowest BCUT2D eigenvalue weighted by Gasteiger charge is -2.33. The van der Waals surface area contributed by atoms with Gasteiger partial charge in [-0.1, -0.05) is 31.4 Å². The SMILES string of the molecule is CN(c1ccc(CNC(=O)c2sccc2Br)cc1)C1CCCCC1. The lowest BCUT2D eigenvalue weighted by Crippen LogP contribution is -2.33. The molecule has 24 heavy (non-hydrogen) atoms. The van der Waals surface area contributed by atoms with Gasteiger partial charge in [0.15, 0.2) is 0 Å². The van der Waals surface area contributed by atoms with E-state index in [0.717, 1.165) is 14.9 Å². The Morgan fingerprint density at radius 3 is 2.54 bits per heavy atom. The van der Waals surface area contributed by atoms with Crippen LogP contribution in [0.25, 0.3) is 0 Å². The first-order chi connectivity index (χ1) is 11.6. The second-order valence-electron chi connectivity index (χ2n) is 6.35. The molecule has 0 atom stereocenters. The molecule has 0 radical (unpaired) electrons. The molecule has 3 rings (SSSR count). The zero-order valence-electron chi connectivity index (χ0n) is 13.9. The van der Waals surface area contributed by atoms with Crippen LogP contribution in [0.15, 0.2) is 40.2 Å². The maximum atomic E-state index is 12.1. The summed E-state index contributed by atoms with van der Waals surface area (Å²) < 4.78 is 0.856. The molecule has 1 fully saturated rings. The van der Waals surface area contributed by atoms with Crippen molar-refractivity contribution in [2.24, 2.45) is 0 Å². The number of hydrogen-bond acceptors (Lipinski definition) is 3. The smallest absolute Gasteiger partial charge is 0.262 e. The third-order valence-corrected chi connectivity index (χ3v) is 6.58. The maximum absolute atomic E-state index is 12.1. The van der Waals surface area contributed by atoms with Crippen LogP contribution in [-0.2, 0) is 6.54 Å². The Labute approximate surface area is 156 Å². The number of amides is 1. The number of rotatable bonds is 5. The Hall–Kier alpha value is -1.33. The highest BCUT2D eigenvalue weighted by molar-refractivity contribution is 9.10. The summed E-state index contributed by atoms with van der Waals surface area (Å²) in [6, 6.07) is 11.1. The molecule has 0 saturated heterocycles. The van der Waals surface area contributed by atoms with Gasteiger partial charge in [0.1, 0.15) is 4.88 Å². The van der Waals surface area contributed by atoms with E-state index in [0.29, 0.717) is 12.6 Å². The number of benzene rings is 1. The van der Waals surface area contributed by atoms with Crippen LogP contribution in [-0.4, -0.2) is 19.0 Å². The molecule has 3 nitrogen and oxygen atoms in total. The van der Waals surface area contributed by atoms with Crippen molar-refractivity contribution < 1.29 is 4.79 Å². The van der Waals surface area contributed by atoms with Crippen LogP contribution in [0.1, 0.15) is 47.3 Å². The minimum absolute atomic E-state index is 0.0275. The molecule has 0 unspecified atom stereocenters. The Morgan fingerprint density at radius 2 is 1.92 bits per heavy atom. The van der Waals surface area contributed by atoms with Gasteiger partial charge < -0.3 is 10.2 Å². The molecule has 2 aromatic rings. The molecule has 0 aliphatic heterocycles. The van der Waals surface area contributed by atoms with Crippen molar-refractivity contribution in [2.45, 2.75) is 44.7 Å². The van der Waals surface area contributed by atoms with E-state index in [-0.39, 0.29) is 5.91 Å². The summed E-state index contributed by atoms with van der Waals surface area (Å²) >= 11 is 4.85. The first-order valence-corrected chi connectivity index (χ1v) is 10.2. The van der Waals surface area contributed by atoms with Crippen LogP contribution in [0.5, 0.6) is 0 Å². The van der Waals surface area contributed by atoms with Gasteiger partial charge in [-0.2, -0.15) is 0 Å². The van der Waals surface area contributed by atoms with Gasteiger partial charge in [0.25, 0.3) is 5.91 Å². The van der Waals surface area contributed by atoms with E-state index in [1.807, 2.05) is 11.4 Å². The molecule has 1 saturated carbocycles. The average molecular weight is 407 g/mol. The number of carbonyl (C=O) groups is 1. The van der Waals surface area contributed by atoms with E-state index in [1.54, 1.807) is 0 Å². The highest BCUT2D eigenvalue weighted by Crippen LogP contribution is 2.26. The highest BCUT2D eigenvalue weighted by Gasteiger charge is 2.18. The van der Waals surface area contributed by atoms with Crippen LogP contribution in [0, 0.1) is 0 Å². The van der Waals surface area contributed by atoms with Crippen molar-refractivity contribution in [1.82, 2.24) is 5.32 Å². The highest BCUT2D eigenvalue weighted by atomic mass is 79.9. The number of nitrogens with zero attached hydrogens (tertiary/aromatic N) is 1. The van der Waals surface area contributed by atoms with E-state index < -0.39 is 0 Å². The fourth-order valence-corrected chi connectivity index (χ4v) is 4.71. The Kier molecular flexibility index (Phi) is 5.95. The van der Waals surface area contributed by atoms with Crippen molar-refractivity contribution >= 4 is 38.9 Å². The molecule has 1 aliphatic rings. The largest absolute Gasteiger partial charge is 0.372 e. The number of hydrogen-bond donors (Lipinski definition) is 1. The third kappa shape index (κ3) is 4.19. The predicted octanol–water partition coefficient (Wildman–Crippen LogP) is 5.21. The van der Waals surface area contributed by atoms with Crippen molar-refractivity contribution in [1.29, 1.82) is 0 Å². The molecule has 1 aromatic carbocycles. The number of halogens is 1. The van der Waals surface area contributed by atoms with Gasteiger partial charge in [0.05, 0.1) is 0 Å². The summed E-state index contributed by atoms with van der Waals surface area (Å²) in [5.41, 5.74) is 2.38. The third-order valence-electron chi connectivity index (χ3n) is 4.74. The summed E-state index contributed by atoms with van der Waals surface area (Å²) in [6.45, 7) is 0.552. The fraction of sp³-hybridized carbons (Fsp3) is 0.421. The van der Waals surface area contributed by atoms with Gasteiger partial charge >= 0.3 is 0 Å². The van der Waals surface area contributed by atoms with Gasteiger partial charge in [-0.25, -0.2) is 0 Å². The maximum Gasteiger partial charge on any atom is 0.262 e. The first kappa shape index (κ1) is 17.5. The second kappa shape index (κ2) is 8.17. The molecular weight excluding hydrogens is 384 g/mol. The predicted molar refractivity (Wildman–Crippen MR) is 105 cm³/mol. The summed E-state index contributed by atoms with van der Waals surface area (Å²) in [4.78, 5) is 15.3. The molecule has 1 amide bonds. The molecule has 5 heteroatoms. The van der Waals surface area contributed by atoms with Crippen LogP contribution in [0.2, 0.25) is 0 Å². The van der Waals surface area contributed by atoms with Crippen LogP contribution in [0.3, 0.4) is 0 Å². The zero-order valence-corrected chi connectivity index (χ0v) is 16.3. The topological polar surface area (TPSA) is 32.3 Å². The molecule has 1 aliphatic carbocycles. The van der Waals surface area contributed by atoms with E-state index in [9.17, 15) is 4.79 Å². The average Bonchev–Trinajstić information content (AvgIpc) is 3.06. The summed E-state index contributed by atoms with van der Waals surface area (Å²) in [6.07, 6.45) is 6.66. The number of nitrogens with one attached hydrogen (secondary N) is 1. The second-order valence-corrected chi connectivity index (χ2v) is 8.12. The van der Waals surface area contributed by atoms with Gasteiger partial charge in [-0.05, 0) is 57.9 Å². The molecule has 0 bridgehead atoms. The Morgan fingerprint density at radius 1 is 1.21 bits per heavy atom. The summed E-state index contributed by atoms with van der Waals surface area (Å²) in [7, 11) is 2.20. The number of carbonyl (C=O) groups excluding carboxylic acids is 1. The van der Waals surface area contributed by atoms with Gasteiger partial charge in [0, 0.05) is 29.8 Å². The monoisotopic (exact) mass is 406 g/mol. The molecule has 1 aromatic heterocycles. The minimum Gasteiger partial charge on any atom is -0.372 e. The Balaban J connectivity index is 1.56. The molecule has 128 valence electrons. The summed E-state index contributed by atoms with van der Waals surface area (Å²) in [5.74, 6) is -0.0275. The van der Waals surface area contributed by atoms with Crippen molar-refractivity contribution in [3.05, 3.63) is 50.6 Å². The van der Waals surface area contributed by atoms with Crippen molar-refractivity contribution in [3.8, 4) is 0 Å². The minimum atomic E-state index is -0.0275. The standard InChI is InChI=1S/C19H23BrN2OS/c1-22(15-5-3-2-4-6-15)16-9-7-14(8-10-16)13-21-19(23)18-17(20)11-12-24-18/h7-12,15H,2-6,13H2,1H3,(H,21,23). The zero-order chi connectivity index (χ0) is 16.9. The van der Waals surface area contributed by atoms with Crippen LogP contribution >= 0.6 is 27.3 Å². The van der Waals surface area contributed by atoms with Gasteiger partial charge in [0.2, 0.25) is 0 Å².